The highest BCUT2D eigenvalue weighted by Crippen LogP contribution is 2.41. The van der Waals surface area contributed by atoms with E-state index in [4.69, 9.17) is 5.10 Å². The summed E-state index contributed by atoms with van der Waals surface area (Å²) in [6.45, 7) is 8.25. The fourth-order valence-corrected chi connectivity index (χ4v) is 4.61. The number of hydrogen-bond donors (Lipinski definition) is 2. The van der Waals surface area contributed by atoms with Gasteiger partial charge in [-0.3, -0.25) is 4.79 Å². The van der Waals surface area contributed by atoms with Crippen molar-refractivity contribution in [1.29, 1.82) is 0 Å². The largest absolute Gasteiger partial charge is 0.390 e. The minimum Gasteiger partial charge on any atom is -0.390 e. The standard InChI is InChI=1S/C28H38FN3O2/c1-5-6-14-24-25(21-15-17-22(29)18-16-21)31-32(23-12-8-7-9-13-23)28(24,4)26(33)30-20-11-10-19-27(2,3)34/h7-9,12-13,15-18,24,34H,5-6,10-11,14,19-20H2,1-4H3,(H,30,33). The van der Waals surface area contributed by atoms with E-state index in [1.165, 1.54) is 12.1 Å². The molecule has 2 N–H and O–H groups in total. The molecule has 0 aromatic heterocycles. The molecule has 0 spiro atoms. The normalized spacial score (nSPS) is 20.4. The molecule has 1 amide bonds. The minimum atomic E-state index is -0.920. The zero-order chi connectivity index (χ0) is 24.8. The smallest absolute Gasteiger partial charge is 0.248 e. The van der Waals surface area contributed by atoms with Crippen molar-refractivity contribution >= 4 is 17.3 Å². The van der Waals surface area contributed by atoms with Gasteiger partial charge in [-0.2, -0.15) is 5.10 Å². The summed E-state index contributed by atoms with van der Waals surface area (Å²) in [6, 6.07) is 16.1. The monoisotopic (exact) mass is 467 g/mol. The number of nitrogens with zero attached hydrogens (tertiary/aromatic N) is 2. The van der Waals surface area contributed by atoms with Gasteiger partial charge in [0.15, 0.2) is 0 Å². The summed E-state index contributed by atoms with van der Waals surface area (Å²) < 4.78 is 13.6. The highest BCUT2D eigenvalue weighted by Gasteiger charge is 2.53. The Labute approximate surface area is 203 Å². The van der Waals surface area contributed by atoms with Gasteiger partial charge in [-0.25, -0.2) is 9.40 Å². The molecule has 0 aliphatic carbocycles. The van der Waals surface area contributed by atoms with E-state index in [1.54, 1.807) is 26.0 Å². The number of para-hydroxylation sites is 1. The molecule has 0 saturated carbocycles. The van der Waals surface area contributed by atoms with E-state index < -0.39 is 11.1 Å². The number of anilines is 1. The molecule has 6 heteroatoms. The number of amides is 1. The van der Waals surface area contributed by atoms with E-state index in [0.717, 1.165) is 49.1 Å². The Morgan fingerprint density at radius 2 is 1.79 bits per heavy atom. The molecule has 2 aromatic rings. The van der Waals surface area contributed by atoms with Crippen molar-refractivity contribution < 1.29 is 14.3 Å². The Bertz CT molecular complexity index is 969. The van der Waals surface area contributed by atoms with Crippen molar-refractivity contribution in [2.75, 3.05) is 11.6 Å². The first kappa shape index (κ1) is 25.9. The summed E-state index contributed by atoms with van der Waals surface area (Å²) in [6.07, 6.45) is 5.09. The molecule has 0 bridgehead atoms. The molecule has 1 aliphatic rings. The SMILES string of the molecule is CCCCC1C(c2ccc(F)cc2)=NN(c2ccccc2)C1(C)C(=O)NCCCCC(C)(C)O. The molecule has 1 heterocycles. The van der Waals surface area contributed by atoms with E-state index in [0.29, 0.717) is 13.0 Å². The lowest BCUT2D eigenvalue weighted by atomic mass is 9.77. The summed E-state index contributed by atoms with van der Waals surface area (Å²) >= 11 is 0. The number of hydrogen-bond acceptors (Lipinski definition) is 4. The van der Waals surface area contributed by atoms with Gasteiger partial charge >= 0.3 is 0 Å². The molecule has 3 rings (SSSR count). The van der Waals surface area contributed by atoms with Crippen LogP contribution in [0.2, 0.25) is 0 Å². The predicted octanol–water partition coefficient (Wildman–Crippen LogP) is 5.67. The molecular weight excluding hydrogens is 429 g/mol. The average molecular weight is 468 g/mol. The topological polar surface area (TPSA) is 64.9 Å². The number of unbranched alkanes of at least 4 members (excludes halogenated alkanes) is 2. The first-order valence-electron chi connectivity index (χ1n) is 12.4. The van der Waals surface area contributed by atoms with E-state index in [-0.39, 0.29) is 17.6 Å². The Morgan fingerprint density at radius 1 is 1.12 bits per heavy atom. The summed E-state index contributed by atoms with van der Waals surface area (Å²) in [7, 11) is 0. The number of aliphatic hydroxyl groups is 1. The summed E-state index contributed by atoms with van der Waals surface area (Å²) in [4.78, 5) is 13.8. The zero-order valence-electron chi connectivity index (χ0n) is 20.9. The fraction of sp³-hybridized carbons (Fsp3) is 0.500. The van der Waals surface area contributed by atoms with Crippen LogP contribution in [0, 0.1) is 11.7 Å². The van der Waals surface area contributed by atoms with Gasteiger partial charge in [0.1, 0.15) is 11.4 Å². The maximum atomic E-state index is 13.8. The molecule has 0 fully saturated rings. The van der Waals surface area contributed by atoms with Crippen molar-refractivity contribution in [1.82, 2.24) is 5.32 Å². The Hall–Kier alpha value is -2.73. The third-order valence-corrected chi connectivity index (χ3v) is 6.60. The maximum Gasteiger partial charge on any atom is 0.248 e. The van der Waals surface area contributed by atoms with Crippen LogP contribution in [-0.2, 0) is 4.79 Å². The quantitative estimate of drug-likeness (QED) is 0.418. The lowest BCUT2D eigenvalue weighted by Gasteiger charge is -2.37. The van der Waals surface area contributed by atoms with Crippen molar-refractivity contribution in [3.63, 3.8) is 0 Å². The second-order valence-corrected chi connectivity index (χ2v) is 10.0. The second kappa shape index (κ2) is 11.1. The van der Waals surface area contributed by atoms with Crippen molar-refractivity contribution in [2.45, 2.75) is 77.4 Å². The molecule has 0 saturated heterocycles. The third-order valence-electron chi connectivity index (χ3n) is 6.60. The van der Waals surface area contributed by atoms with E-state index >= 15 is 0 Å². The number of carbonyl (C=O) groups is 1. The maximum absolute atomic E-state index is 13.8. The third kappa shape index (κ3) is 6.03. The molecule has 2 aromatic carbocycles. The molecule has 184 valence electrons. The molecule has 2 unspecified atom stereocenters. The lowest BCUT2D eigenvalue weighted by molar-refractivity contribution is -0.126. The van der Waals surface area contributed by atoms with Gasteiger partial charge in [-0.1, -0.05) is 50.1 Å². The fourth-order valence-electron chi connectivity index (χ4n) is 4.61. The van der Waals surface area contributed by atoms with E-state index in [1.807, 2.05) is 42.3 Å². The summed E-state index contributed by atoms with van der Waals surface area (Å²) in [5.74, 6) is -0.505. The van der Waals surface area contributed by atoms with Gasteiger partial charge in [-0.15, -0.1) is 0 Å². The summed E-state index contributed by atoms with van der Waals surface area (Å²) in [5, 5.41) is 19.9. The highest BCUT2D eigenvalue weighted by molar-refractivity contribution is 6.10. The van der Waals surface area contributed by atoms with Crippen molar-refractivity contribution in [2.24, 2.45) is 11.0 Å². The van der Waals surface area contributed by atoms with Crippen LogP contribution < -0.4 is 10.3 Å². The first-order valence-corrected chi connectivity index (χ1v) is 12.4. The Kier molecular flexibility index (Phi) is 8.47. The second-order valence-electron chi connectivity index (χ2n) is 10.0. The van der Waals surface area contributed by atoms with Gasteiger partial charge in [0, 0.05) is 12.5 Å². The van der Waals surface area contributed by atoms with Crippen LogP contribution in [0.25, 0.3) is 0 Å². The molecule has 0 radical (unpaired) electrons. The van der Waals surface area contributed by atoms with Crippen molar-refractivity contribution in [3.8, 4) is 0 Å². The molecule has 5 nitrogen and oxygen atoms in total. The number of rotatable bonds is 11. The van der Waals surface area contributed by atoms with Gasteiger partial charge in [0.05, 0.1) is 17.0 Å². The predicted molar refractivity (Wildman–Crippen MR) is 136 cm³/mol. The summed E-state index contributed by atoms with van der Waals surface area (Å²) in [5.41, 5.74) is 0.883. The Morgan fingerprint density at radius 3 is 2.41 bits per heavy atom. The number of carbonyl (C=O) groups excluding carboxylic acids is 1. The number of halogens is 1. The number of benzene rings is 2. The van der Waals surface area contributed by atoms with Gasteiger partial charge in [0.25, 0.3) is 0 Å². The van der Waals surface area contributed by atoms with Crippen molar-refractivity contribution in [3.05, 3.63) is 66.0 Å². The van der Waals surface area contributed by atoms with Crippen LogP contribution in [-0.4, -0.2) is 34.4 Å². The molecule has 1 aliphatic heterocycles. The average Bonchev–Trinajstić information content (AvgIpc) is 3.11. The highest BCUT2D eigenvalue weighted by atomic mass is 19.1. The van der Waals surface area contributed by atoms with Crippen LogP contribution in [0.5, 0.6) is 0 Å². The van der Waals surface area contributed by atoms with Crippen LogP contribution in [0.4, 0.5) is 10.1 Å². The zero-order valence-corrected chi connectivity index (χ0v) is 20.9. The number of hydrazone groups is 1. The molecular formula is C28H38FN3O2. The molecule has 34 heavy (non-hydrogen) atoms. The van der Waals surface area contributed by atoms with Gasteiger partial charge in [0.2, 0.25) is 5.91 Å². The van der Waals surface area contributed by atoms with Crippen LogP contribution >= 0.6 is 0 Å². The van der Waals surface area contributed by atoms with Crippen LogP contribution in [0.3, 0.4) is 0 Å². The van der Waals surface area contributed by atoms with Gasteiger partial charge in [-0.05, 0) is 76.3 Å². The number of nitrogens with one attached hydrogen (secondary N) is 1. The molecule has 2 atom stereocenters. The van der Waals surface area contributed by atoms with E-state index in [9.17, 15) is 14.3 Å². The van der Waals surface area contributed by atoms with Crippen LogP contribution in [0.1, 0.15) is 71.8 Å². The minimum absolute atomic E-state index is 0.0680. The first-order chi connectivity index (χ1) is 16.2. The lowest BCUT2D eigenvalue weighted by Crippen LogP contribution is -2.58. The Balaban J connectivity index is 1.91. The van der Waals surface area contributed by atoms with Gasteiger partial charge < -0.3 is 10.4 Å². The van der Waals surface area contributed by atoms with Crippen LogP contribution in [0.15, 0.2) is 59.7 Å². The van der Waals surface area contributed by atoms with E-state index in [2.05, 4.69) is 12.2 Å².